The summed E-state index contributed by atoms with van der Waals surface area (Å²) in [5.41, 5.74) is 0. The van der Waals surface area contributed by atoms with Crippen LogP contribution < -0.4 is 0 Å². The Morgan fingerprint density at radius 3 is 3.00 bits per heavy atom. The highest BCUT2D eigenvalue weighted by atomic mass is 16.5. The van der Waals surface area contributed by atoms with Gasteiger partial charge in [0, 0.05) is 32.5 Å². The number of carbonyl (C=O) groups is 1. The van der Waals surface area contributed by atoms with Gasteiger partial charge < -0.3 is 14.2 Å². The molecule has 1 amide bonds. The van der Waals surface area contributed by atoms with E-state index in [9.17, 15) is 4.79 Å². The number of carbonyl (C=O) groups excluding carboxylic acids is 1. The SMILES string of the molecule is Cc1nc([C@H]2CCCN(C(=O)C[C@H]3CCCO3)C2)no1. The summed E-state index contributed by atoms with van der Waals surface area (Å²) in [4.78, 5) is 18.5. The second-order valence-corrected chi connectivity index (χ2v) is 5.69. The summed E-state index contributed by atoms with van der Waals surface area (Å²) in [6.45, 7) is 4.12. The van der Waals surface area contributed by atoms with Crippen LogP contribution in [0.25, 0.3) is 0 Å². The number of hydrogen-bond acceptors (Lipinski definition) is 5. The van der Waals surface area contributed by atoms with E-state index in [1.54, 1.807) is 6.92 Å². The molecule has 3 rings (SSSR count). The van der Waals surface area contributed by atoms with E-state index in [4.69, 9.17) is 9.26 Å². The normalized spacial score (nSPS) is 26.9. The second-order valence-electron chi connectivity index (χ2n) is 5.69. The molecule has 0 spiro atoms. The maximum Gasteiger partial charge on any atom is 0.225 e. The average Bonchev–Trinajstić information content (AvgIpc) is 3.10. The number of piperidine rings is 1. The molecule has 0 aromatic carbocycles. The van der Waals surface area contributed by atoms with E-state index in [2.05, 4.69) is 10.1 Å². The fraction of sp³-hybridized carbons (Fsp3) is 0.786. The first kappa shape index (κ1) is 13.5. The Bertz CT molecular complexity index is 468. The first-order valence-electron chi connectivity index (χ1n) is 7.42. The van der Waals surface area contributed by atoms with Gasteiger partial charge in [0.1, 0.15) is 0 Å². The number of likely N-dealkylation sites (tertiary alicyclic amines) is 1. The van der Waals surface area contributed by atoms with Crippen molar-refractivity contribution in [3.63, 3.8) is 0 Å². The molecular weight excluding hydrogens is 258 g/mol. The monoisotopic (exact) mass is 279 g/mol. The van der Waals surface area contributed by atoms with Crippen molar-refractivity contribution in [2.75, 3.05) is 19.7 Å². The molecular formula is C14H21N3O3. The van der Waals surface area contributed by atoms with E-state index in [0.717, 1.165) is 44.7 Å². The van der Waals surface area contributed by atoms with E-state index in [1.165, 1.54) is 0 Å². The van der Waals surface area contributed by atoms with Crippen LogP contribution in [0, 0.1) is 6.92 Å². The summed E-state index contributed by atoms with van der Waals surface area (Å²) >= 11 is 0. The molecule has 2 aliphatic rings. The van der Waals surface area contributed by atoms with Gasteiger partial charge in [0.2, 0.25) is 11.8 Å². The van der Waals surface area contributed by atoms with Gasteiger partial charge in [0.25, 0.3) is 0 Å². The summed E-state index contributed by atoms with van der Waals surface area (Å²) in [5, 5.41) is 3.99. The van der Waals surface area contributed by atoms with Crippen molar-refractivity contribution in [1.29, 1.82) is 0 Å². The van der Waals surface area contributed by atoms with Crippen molar-refractivity contribution in [1.82, 2.24) is 15.0 Å². The number of rotatable bonds is 3. The molecule has 2 atom stereocenters. The number of aryl methyl sites for hydroxylation is 1. The van der Waals surface area contributed by atoms with Gasteiger partial charge in [-0.2, -0.15) is 4.98 Å². The van der Waals surface area contributed by atoms with E-state index in [1.807, 2.05) is 4.90 Å². The van der Waals surface area contributed by atoms with Gasteiger partial charge in [0.05, 0.1) is 12.5 Å². The van der Waals surface area contributed by atoms with Gasteiger partial charge in [-0.05, 0) is 25.7 Å². The van der Waals surface area contributed by atoms with Crippen LogP contribution in [0.3, 0.4) is 0 Å². The largest absolute Gasteiger partial charge is 0.378 e. The molecule has 1 aromatic rings. The van der Waals surface area contributed by atoms with Crippen LogP contribution in [0.2, 0.25) is 0 Å². The lowest BCUT2D eigenvalue weighted by molar-refractivity contribution is -0.134. The lowest BCUT2D eigenvalue weighted by atomic mass is 9.97. The van der Waals surface area contributed by atoms with Crippen LogP contribution in [0.4, 0.5) is 0 Å². The van der Waals surface area contributed by atoms with Crippen LogP contribution in [-0.4, -0.2) is 46.7 Å². The summed E-state index contributed by atoms with van der Waals surface area (Å²) in [5.74, 6) is 1.72. The number of aromatic nitrogens is 2. The zero-order valence-corrected chi connectivity index (χ0v) is 11.9. The summed E-state index contributed by atoms with van der Waals surface area (Å²) in [7, 11) is 0. The van der Waals surface area contributed by atoms with Crippen LogP contribution in [0.1, 0.15) is 49.7 Å². The molecule has 2 aliphatic heterocycles. The molecule has 0 radical (unpaired) electrons. The summed E-state index contributed by atoms with van der Waals surface area (Å²) < 4.78 is 10.6. The Morgan fingerprint density at radius 1 is 1.40 bits per heavy atom. The van der Waals surface area contributed by atoms with Gasteiger partial charge in [-0.25, -0.2) is 0 Å². The molecule has 0 unspecified atom stereocenters. The number of amides is 1. The molecule has 6 nitrogen and oxygen atoms in total. The van der Waals surface area contributed by atoms with Crippen molar-refractivity contribution in [2.24, 2.45) is 0 Å². The van der Waals surface area contributed by atoms with Crippen molar-refractivity contribution < 1.29 is 14.1 Å². The highest BCUT2D eigenvalue weighted by Gasteiger charge is 2.29. The van der Waals surface area contributed by atoms with Crippen LogP contribution >= 0.6 is 0 Å². The van der Waals surface area contributed by atoms with E-state index < -0.39 is 0 Å². The Balaban J connectivity index is 1.58. The third-order valence-electron chi connectivity index (χ3n) is 4.11. The van der Waals surface area contributed by atoms with Crippen LogP contribution in [0.15, 0.2) is 4.52 Å². The molecule has 1 aromatic heterocycles. The highest BCUT2D eigenvalue weighted by molar-refractivity contribution is 5.76. The molecule has 20 heavy (non-hydrogen) atoms. The minimum absolute atomic E-state index is 0.121. The average molecular weight is 279 g/mol. The number of ether oxygens (including phenoxy) is 1. The first-order chi connectivity index (χ1) is 9.72. The molecule has 110 valence electrons. The lowest BCUT2D eigenvalue weighted by Crippen LogP contribution is -2.40. The lowest BCUT2D eigenvalue weighted by Gasteiger charge is -2.31. The summed E-state index contributed by atoms with van der Waals surface area (Å²) in [6, 6.07) is 0. The second kappa shape index (κ2) is 5.91. The Labute approximate surface area is 118 Å². The van der Waals surface area contributed by atoms with E-state index in [-0.39, 0.29) is 17.9 Å². The maximum absolute atomic E-state index is 12.3. The molecule has 0 bridgehead atoms. The third-order valence-corrected chi connectivity index (χ3v) is 4.11. The topological polar surface area (TPSA) is 68.5 Å². The van der Waals surface area contributed by atoms with Gasteiger partial charge >= 0.3 is 0 Å². The fourth-order valence-corrected chi connectivity index (χ4v) is 3.02. The standard InChI is InChI=1S/C14H21N3O3/c1-10-15-14(16-20-10)11-4-2-6-17(9-11)13(18)8-12-5-3-7-19-12/h11-12H,2-9H2,1H3/t11-,12+/m0/s1. The molecule has 0 saturated carbocycles. The van der Waals surface area contributed by atoms with Gasteiger partial charge in [-0.3, -0.25) is 4.79 Å². The summed E-state index contributed by atoms with van der Waals surface area (Å²) in [6.07, 6.45) is 4.72. The smallest absolute Gasteiger partial charge is 0.225 e. The zero-order chi connectivity index (χ0) is 13.9. The van der Waals surface area contributed by atoms with Gasteiger partial charge in [0.15, 0.2) is 5.82 Å². The predicted octanol–water partition coefficient (Wildman–Crippen LogP) is 1.65. The third kappa shape index (κ3) is 3.00. The minimum atomic E-state index is 0.121. The molecule has 6 heteroatoms. The first-order valence-corrected chi connectivity index (χ1v) is 7.42. The fourth-order valence-electron chi connectivity index (χ4n) is 3.02. The van der Waals surface area contributed by atoms with E-state index >= 15 is 0 Å². The predicted molar refractivity (Wildman–Crippen MR) is 71.2 cm³/mol. The van der Waals surface area contributed by atoms with E-state index in [0.29, 0.717) is 18.9 Å². The van der Waals surface area contributed by atoms with Gasteiger partial charge in [-0.15, -0.1) is 0 Å². The molecule has 2 fully saturated rings. The van der Waals surface area contributed by atoms with Crippen molar-refractivity contribution in [3.8, 4) is 0 Å². The Morgan fingerprint density at radius 2 is 2.30 bits per heavy atom. The molecule has 3 heterocycles. The molecule has 2 saturated heterocycles. The van der Waals surface area contributed by atoms with Crippen LogP contribution in [-0.2, 0) is 9.53 Å². The maximum atomic E-state index is 12.3. The molecule has 0 N–H and O–H groups in total. The zero-order valence-electron chi connectivity index (χ0n) is 11.9. The van der Waals surface area contributed by atoms with Gasteiger partial charge in [-0.1, -0.05) is 5.16 Å². The van der Waals surface area contributed by atoms with Crippen molar-refractivity contribution in [3.05, 3.63) is 11.7 Å². The quantitative estimate of drug-likeness (QED) is 0.841. The van der Waals surface area contributed by atoms with Crippen molar-refractivity contribution in [2.45, 2.75) is 51.0 Å². The molecule has 0 aliphatic carbocycles. The Kier molecular flexibility index (Phi) is 4.00. The Hall–Kier alpha value is -1.43. The number of nitrogens with zero attached hydrogens (tertiary/aromatic N) is 3. The van der Waals surface area contributed by atoms with Crippen LogP contribution in [0.5, 0.6) is 0 Å². The van der Waals surface area contributed by atoms with Crippen molar-refractivity contribution >= 4 is 5.91 Å². The minimum Gasteiger partial charge on any atom is -0.378 e. The highest BCUT2D eigenvalue weighted by Crippen LogP contribution is 2.26. The number of hydrogen-bond donors (Lipinski definition) is 0.